The molecule has 2 aromatic rings. The fourth-order valence-corrected chi connectivity index (χ4v) is 5.31. The van der Waals surface area contributed by atoms with Gasteiger partial charge < -0.3 is 5.32 Å². The van der Waals surface area contributed by atoms with E-state index in [1.807, 2.05) is 6.26 Å². The molecule has 0 atom stereocenters. The third-order valence-electron chi connectivity index (χ3n) is 4.09. The maximum Gasteiger partial charge on any atom is 0.243 e. The van der Waals surface area contributed by atoms with Gasteiger partial charge in [0.2, 0.25) is 21.1 Å². The normalized spacial score (nSPS) is 16.5. The van der Waals surface area contributed by atoms with Gasteiger partial charge in [-0.1, -0.05) is 23.1 Å². The molecule has 1 fully saturated rings. The van der Waals surface area contributed by atoms with Gasteiger partial charge in [-0.3, -0.25) is 4.79 Å². The Balaban J connectivity index is 1.59. The quantitative estimate of drug-likeness (QED) is 0.595. The number of rotatable bonds is 5. The molecule has 1 amide bonds. The molecule has 1 saturated heterocycles. The van der Waals surface area contributed by atoms with Crippen LogP contribution in [-0.2, 0) is 14.8 Å². The van der Waals surface area contributed by atoms with E-state index in [0.717, 1.165) is 16.5 Å². The van der Waals surface area contributed by atoms with Crippen molar-refractivity contribution in [1.29, 1.82) is 0 Å². The number of carbonyl (C=O) groups excluding carboxylic acids is 1. The Kier molecular flexibility index (Phi) is 5.90. The second-order valence-electron chi connectivity index (χ2n) is 5.70. The number of aromatic nitrogens is 2. The van der Waals surface area contributed by atoms with Gasteiger partial charge in [0.1, 0.15) is 5.82 Å². The topological polar surface area (TPSA) is 92.3 Å². The lowest BCUT2D eigenvalue weighted by Crippen LogP contribution is -2.41. The summed E-state index contributed by atoms with van der Waals surface area (Å²) in [5, 5.41) is 11.0. The summed E-state index contributed by atoms with van der Waals surface area (Å²) < 4.78 is 40.3. The van der Waals surface area contributed by atoms with Crippen LogP contribution in [0, 0.1) is 11.7 Å². The highest BCUT2D eigenvalue weighted by Crippen LogP contribution is 2.27. The first-order valence-electron chi connectivity index (χ1n) is 7.84. The predicted molar refractivity (Wildman–Crippen MR) is 98.2 cm³/mol. The van der Waals surface area contributed by atoms with E-state index < -0.39 is 15.8 Å². The molecule has 7 nitrogen and oxygen atoms in total. The van der Waals surface area contributed by atoms with E-state index in [1.165, 1.54) is 39.5 Å². The average Bonchev–Trinajstić information content (AvgIpc) is 3.10. The maximum atomic E-state index is 13.0. The Morgan fingerprint density at radius 2 is 1.92 bits per heavy atom. The number of benzene rings is 1. The Morgan fingerprint density at radius 1 is 1.27 bits per heavy atom. The SMILES string of the molecule is CSc1nnc(NC(=O)C2CCN(S(=O)(=O)c3ccc(F)cc3)CC2)s1. The van der Waals surface area contributed by atoms with E-state index in [4.69, 9.17) is 0 Å². The molecule has 0 unspecified atom stereocenters. The van der Waals surface area contributed by atoms with E-state index in [9.17, 15) is 17.6 Å². The summed E-state index contributed by atoms with van der Waals surface area (Å²) >= 11 is 2.75. The van der Waals surface area contributed by atoms with Crippen molar-refractivity contribution in [3.8, 4) is 0 Å². The zero-order valence-corrected chi connectivity index (χ0v) is 16.3. The Bertz CT molecular complexity index is 878. The van der Waals surface area contributed by atoms with Crippen molar-refractivity contribution >= 4 is 44.2 Å². The first kappa shape index (κ1) is 19.2. The lowest BCUT2D eigenvalue weighted by Gasteiger charge is -2.30. The van der Waals surface area contributed by atoms with Crippen molar-refractivity contribution in [1.82, 2.24) is 14.5 Å². The maximum absolute atomic E-state index is 13.0. The highest BCUT2D eigenvalue weighted by atomic mass is 32.2. The number of nitrogens with one attached hydrogen (secondary N) is 1. The highest BCUT2D eigenvalue weighted by Gasteiger charge is 2.32. The predicted octanol–water partition coefficient (Wildman–Crippen LogP) is 2.44. The third-order valence-corrected chi connectivity index (χ3v) is 7.81. The Hall–Kier alpha value is -1.56. The molecule has 1 aromatic carbocycles. The fraction of sp³-hybridized carbons (Fsp3) is 0.400. The minimum Gasteiger partial charge on any atom is -0.300 e. The molecule has 0 radical (unpaired) electrons. The number of halogens is 1. The molecule has 0 saturated carbocycles. The monoisotopic (exact) mass is 416 g/mol. The minimum atomic E-state index is -3.67. The molecule has 1 aromatic heterocycles. The van der Waals surface area contributed by atoms with Crippen molar-refractivity contribution in [2.24, 2.45) is 5.92 Å². The number of amides is 1. The van der Waals surface area contributed by atoms with Crippen LogP contribution < -0.4 is 5.32 Å². The molecule has 0 spiro atoms. The van der Waals surface area contributed by atoms with E-state index in [-0.39, 0.29) is 29.8 Å². The van der Waals surface area contributed by atoms with Crippen molar-refractivity contribution in [2.75, 3.05) is 24.7 Å². The van der Waals surface area contributed by atoms with Crippen molar-refractivity contribution in [2.45, 2.75) is 22.1 Å². The molecule has 1 N–H and O–H groups in total. The van der Waals surface area contributed by atoms with Crippen LogP contribution in [0.2, 0.25) is 0 Å². The molecule has 0 aliphatic carbocycles. The van der Waals surface area contributed by atoms with E-state index >= 15 is 0 Å². The third kappa shape index (κ3) is 4.22. The lowest BCUT2D eigenvalue weighted by molar-refractivity contribution is -0.120. The summed E-state index contributed by atoms with van der Waals surface area (Å²) in [7, 11) is -3.67. The van der Waals surface area contributed by atoms with Gasteiger partial charge in [0, 0.05) is 19.0 Å². The van der Waals surface area contributed by atoms with Crippen molar-refractivity contribution < 1.29 is 17.6 Å². The van der Waals surface area contributed by atoms with Crippen LogP contribution in [-0.4, -0.2) is 48.2 Å². The largest absolute Gasteiger partial charge is 0.300 e. The molecular weight excluding hydrogens is 399 g/mol. The highest BCUT2D eigenvalue weighted by molar-refractivity contribution is 8.00. The summed E-state index contributed by atoms with van der Waals surface area (Å²) in [5.74, 6) is -0.940. The zero-order valence-electron chi connectivity index (χ0n) is 13.9. The molecule has 1 aliphatic heterocycles. The van der Waals surface area contributed by atoms with Crippen molar-refractivity contribution in [3.05, 3.63) is 30.1 Å². The summed E-state index contributed by atoms with van der Waals surface area (Å²) in [6.07, 6.45) is 2.71. The molecule has 26 heavy (non-hydrogen) atoms. The molecule has 3 rings (SSSR count). The summed E-state index contributed by atoms with van der Waals surface area (Å²) in [4.78, 5) is 12.4. The van der Waals surface area contributed by atoms with Gasteiger partial charge >= 0.3 is 0 Å². The van der Waals surface area contributed by atoms with E-state index in [1.54, 1.807) is 0 Å². The Labute approximate surface area is 159 Å². The van der Waals surface area contributed by atoms with Crippen LogP contribution in [0.4, 0.5) is 9.52 Å². The number of hydrogen-bond acceptors (Lipinski definition) is 7. The Morgan fingerprint density at radius 3 is 2.50 bits per heavy atom. The average molecular weight is 417 g/mol. The number of piperidine rings is 1. The summed E-state index contributed by atoms with van der Waals surface area (Å²) in [5.41, 5.74) is 0. The second kappa shape index (κ2) is 7.99. The first-order valence-corrected chi connectivity index (χ1v) is 11.3. The van der Waals surface area contributed by atoms with Gasteiger partial charge in [-0.05, 0) is 43.4 Å². The van der Waals surface area contributed by atoms with Gasteiger partial charge in [0.15, 0.2) is 4.34 Å². The zero-order chi connectivity index (χ0) is 18.7. The van der Waals surface area contributed by atoms with Gasteiger partial charge in [0.05, 0.1) is 4.90 Å². The van der Waals surface area contributed by atoms with Gasteiger partial charge in [0.25, 0.3) is 0 Å². The van der Waals surface area contributed by atoms with Crippen LogP contribution in [0.15, 0.2) is 33.5 Å². The van der Waals surface area contributed by atoms with Crippen LogP contribution in [0.1, 0.15) is 12.8 Å². The number of carbonyl (C=O) groups is 1. The van der Waals surface area contributed by atoms with Gasteiger partial charge in [-0.25, -0.2) is 12.8 Å². The molecule has 0 bridgehead atoms. The minimum absolute atomic E-state index is 0.0558. The van der Waals surface area contributed by atoms with Crippen LogP contribution >= 0.6 is 23.1 Å². The molecular formula is C15H17FN4O3S3. The first-order chi connectivity index (χ1) is 12.4. The second-order valence-corrected chi connectivity index (χ2v) is 9.67. The van der Waals surface area contributed by atoms with Crippen LogP contribution in [0.3, 0.4) is 0 Å². The fourth-order valence-electron chi connectivity index (χ4n) is 2.66. The number of hydrogen-bond donors (Lipinski definition) is 1. The number of sulfonamides is 1. The van der Waals surface area contributed by atoms with E-state index in [0.29, 0.717) is 18.0 Å². The summed E-state index contributed by atoms with van der Waals surface area (Å²) in [6.45, 7) is 0.480. The number of thioether (sulfide) groups is 1. The number of anilines is 1. The number of nitrogens with zero attached hydrogens (tertiary/aromatic N) is 3. The van der Waals surface area contributed by atoms with Gasteiger partial charge in [-0.2, -0.15) is 4.31 Å². The standard InChI is InChI=1S/C15H17FN4O3S3/c1-24-15-19-18-14(25-15)17-13(21)10-6-8-20(9-7-10)26(22,23)12-4-2-11(16)3-5-12/h2-5,10H,6-9H2,1H3,(H,17,18,21). The summed E-state index contributed by atoms with van der Waals surface area (Å²) in [6, 6.07) is 4.75. The van der Waals surface area contributed by atoms with Crippen LogP contribution in [0.25, 0.3) is 0 Å². The van der Waals surface area contributed by atoms with Gasteiger partial charge in [-0.15, -0.1) is 10.2 Å². The lowest BCUT2D eigenvalue weighted by atomic mass is 9.97. The molecule has 1 aliphatic rings. The molecule has 11 heteroatoms. The van der Waals surface area contributed by atoms with Crippen molar-refractivity contribution in [3.63, 3.8) is 0 Å². The molecule has 140 valence electrons. The van der Waals surface area contributed by atoms with E-state index in [2.05, 4.69) is 15.5 Å². The van der Waals surface area contributed by atoms with Crippen LogP contribution in [0.5, 0.6) is 0 Å². The molecule has 2 heterocycles. The smallest absolute Gasteiger partial charge is 0.243 e.